The van der Waals surface area contributed by atoms with Crippen molar-refractivity contribution in [2.75, 3.05) is 14.1 Å². The molecule has 0 spiro atoms. The lowest BCUT2D eigenvalue weighted by atomic mass is 10.0. The zero-order valence-corrected chi connectivity index (χ0v) is 16.6. The van der Waals surface area contributed by atoms with E-state index in [0.717, 1.165) is 5.56 Å². The summed E-state index contributed by atoms with van der Waals surface area (Å²) in [5.41, 5.74) is 1.14. The van der Waals surface area contributed by atoms with Crippen molar-refractivity contribution in [1.82, 2.24) is 15.2 Å². The van der Waals surface area contributed by atoms with Crippen molar-refractivity contribution in [3.8, 4) is 0 Å². The first kappa shape index (κ1) is 20.3. The standard InChI is InChI=1S/C20H19ClN4O4/c1-24(2)20(27)17(10-12-6-4-3-5-7-12)23-19(26)16-11-13-15(22-16)9-8-14(21)18(13)25(28)29/h3-9,11,17,22H,10H2,1-2H3,(H,23,26)/t17-/m0/s1. The summed E-state index contributed by atoms with van der Waals surface area (Å²) in [5.74, 6) is -0.796. The highest BCUT2D eigenvalue weighted by Crippen LogP contribution is 2.33. The average molecular weight is 415 g/mol. The van der Waals surface area contributed by atoms with Crippen molar-refractivity contribution in [2.24, 2.45) is 0 Å². The molecule has 0 bridgehead atoms. The van der Waals surface area contributed by atoms with E-state index in [2.05, 4.69) is 10.3 Å². The van der Waals surface area contributed by atoms with Crippen LogP contribution in [0.5, 0.6) is 0 Å². The van der Waals surface area contributed by atoms with E-state index in [0.29, 0.717) is 11.9 Å². The third-order valence-corrected chi connectivity index (χ3v) is 4.78. The number of H-pyrrole nitrogens is 1. The number of likely N-dealkylation sites (N-methyl/N-ethyl adjacent to an activating group) is 1. The van der Waals surface area contributed by atoms with Crippen LogP contribution in [0.2, 0.25) is 5.02 Å². The molecule has 150 valence electrons. The Morgan fingerprint density at radius 3 is 2.52 bits per heavy atom. The lowest BCUT2D eigenvalue weighted by Crippen LogP contribution is -2.47. The van der Waals surface area contributed by atoms with Crippen LogP contribution in [-0.4, -0.2) is 46.8 Å². The minimum atomic E-state index is -0.787. The third kappa shape index (κ3) is 4.38. The summed E-state index contributed by atoms with van der Waals surface area (Å²) in [7, 11) is 3.22. The molecule has 0 saturated carbocycles. The number of nitro benzene ring substituents is 1. The van der Waals surface area contributed by atoms with E-state index in [1.807, 2.05) is 30.3 Å². The number of benzene rings is 2. The number of rotatable bonds is 6. The van der Waals surface area contributed by atoms with Crippen molar-refractivity contribution >= 4 is 40.0 Å². The highest BCUT2D eigenvalue weighted by atomic mass is 35.5. The van der Waals surface area contributed by atoms with Gasteiger partial charge in [0.2, 0.25) is 5.91 Å². The van der Waals surface area contributed by atoms with E-state index in [1.54, 1.807) is 20.2 Å². The highest BCUT2D eigenvalue weighted by molar-refractivity contribution is 6.34. The molecule has 1 heterocycles. The molecule has 2 N–H and O–H groups in total. The molecule has 29 heavy (non-hydrogen) atoms. The molecule has 0 aliphatic heterocycles. The Balaban J connectivity index is 1.90. The number of carbonyl (C=O) groups is 2. The van der Waals surface area contributed by atoms with E-state index in [1.165, 1.54) is 17.0 Å². The predicted octanol–water partition coefficient (Wildman–Crippen LogP) is 3.16. The van der Waals surface area contributed by atoms with Gasteiger partial charge in [-0.05, 0) is 23.8 Å². The Kier molecular flexibility index (Phi) is 5.84. The van der Waals surface area contributed by atoms with Crippen LogP contribution in [0.15, 0.2) is 48.5 Å². The number of nitrogens with one attached hydrogen (secondary N) is 2. The van der Waals surface area contributed by atoms with Crippen LogP contribution in [-0.2, 0) is 11.2 Å². The fraction of sp³-hybridized carbons (Fsp3) is 0.200. The summed E-state index contributed by atoms with van der Waals surface area (Å²) in [6.45, 7) is 0. The number of carbonyl (C=O) groups excluding carboxylic acids is 2. The summed E-state index contributed by atoms with van der Waals surface area (Å²) in [6.07, 6.45) is 0.315. The second-order valence-electron chi connectivity index (χ2n) is 6.75. The quantitative estimate of drug-likeness (QED) is 0.477. The molecule has 2 aromatic carbocycles. The highest BCUT2D eigenvalue weighted by Gasteiger charge is 2.26. The van der Waals surface area contributed by atoms with Gasteiger partial charge >= 0.3 is 0 Å². The monoisotopic (exact) mass is 414 g/mol. The van der Waals surface area contributed by atoms with Crippen molar-refractivity contribution in [3.63, 3.8) is 0 Å². The summed E-state index contributed by atoms with van der Waals surface area (Å²) in [5, 5.41) is 14.3. The fourth-order valence-corrected chi connectivity index (χ4v) is 3.30. The summed E-state index contributed by atoms with van der Waals surface area (Å²) in [6, 6.07) is 12.9. The van der Waals surface area contributed by atoms with E-state index >= 15 is 0 Å². The Morgan fingerprint density at radius 1 is 1.21 bits per heavy atom. The maximum Gasteiger partial charge on any atom is 0.297 e. The van der Waals surface area contributed by atoms with Gasteiger partial charge in [0, 0.05) is 20.5 Å². The molecule has 0 aliphatic carbocycles. The molecule has 3 aromatic rings. The van der Waals surface area contributed by atoms with Gasteiger partial charge in [-0.25, -0.2) is 0 Å². The van der Waals surface area contributed by atoms with Crippen molar-refractivity contribution in [1.29, 1.82) is 0 Å². The zero-order chi connectivity index (χ0) is 21.1. The second-order valence-corrected chi connectivity index (χ2v) is 7.15. The molecule has 9 heteroatoms. The number of amides is 2. The van der Waals surface area contributed by atoms with E-state index in [-0.39, 0.29) is 27.7 Å². The lowest BCUT2D eigenvalue weighted by Gasteiger charge is -2.21. The number of hydrogen-bond acceptors (Lipinski definition) is 4. The number of nitro groups is 1. The summed E-state index contributed by atoms with van der Waals surface area (Å²) < 4.78 is 0. The SMILES string of the molecule is CN(C)C(=O)[C@H](Cc1ccccc1)NC(=O)c1cc2c([N+](=O)[O-])c(Cl)ccc2[nH]1. The van der Waals surface area contributed by atoms with Crippen LogP contribution in [0, 0.1) is 10.1 Å². The molecule has 0 unspecified atom stereocenters. The molecule has 0 radical (unpaired) electrons. The van der Waals surface area contributed by atoms with E-state index in [4.69, 9.17) is 11.6 Å². The van der Waals surface area contributed by atoms with Gasteiger partial charge in [0.25, 0.3) is 11.6 Å². The molecule has 8 nitrogen and oxygen atoms in total. The summed E-state index contributed by atoms with van der Waals surface area (Å²) in [4.78, 5) is 40.3. The summed E-state index contributed by atoms with van der Waals surface area (Å²) >= 11 is 5.93. The number of aromatic amines is 1. The average Bonchev–Trinajstić information content (AvgIpc) is 3.11. The third-order valence-electron chi connectivity index (χ3n) is 4.48. The minimum Gasteiger partial charge on any atom is -0.350 e. The van der Waals surface area contributed by atoms with Crippen molar-refractivity contribution < 1.29 is 14.5 Å². The molecule has 3 rings (SSSR count). The first-order valence-corrected chi connectivity index (χ1v) is 9.17. The lowest BCUT2D eigenvalue weighted by molar-refractivity contribution is -0.382. The van der Waals surface area contributed by atoms with Gasteiger partial charge in [0.05, 0.1) is 15.8 Å². The maximum atomic E-state index is 12.8. The van der Waals surface area contributed by atoms with Gasteiger partial charge in [-0.2, -0.15) is 0 Å². The topological polar surface area (TPSA) is 108 Å². The predicted molar refractivity (Wildman–Crippen MR) is 110 cm³/mol. The molecule has 1 aromatic heterocycles. The first-order valence-electron chi connectivity index (χ1n) is 8.79. The number of hydrogen-bond donors (Lipinski definition) is 2. The van der Waals surface area contributed by atoms with Crippen LogP contribution >= 0.6 is 11.6 Å². The van der Waals surface area contributed by atoms with Gasteiger partial charge in [0.15, 0.2) is 0 Å². The van der Waals surface area contributed by atoms with E-state index < -0.39 is 16.9 Å². The number of halogens is 1. The second kappa shape index (κ2) is 8.32. The Morgan fingerprint density at radius 2 is 1.90 bits per heavy atom. The largest absolute Gasteiger partial charge is 0.350 e. The van der Waals surface area contributed by atoms with Gasteiger partial charge in [-0.3, -0.25) is 19.7 Å². The molecular formula is C20H19ClN4O4. The van der Waals surface area contributed by atoms with Crippen LogP contribution in [0.3, 0.4) is 0 Å². The Bertz CT molecular complexity index is 1080. The van der Waals surface area contributed by atoms with Crippen LogP contribution in [0.25, 0.3) is 10.9 Å². The van der Waals surface area contributed by atoms with Crippen LogP contribution < -0.4 is 5.32 Å². The number of fused-ring (bicyclic) bond motifs is 1. The number of nitrogens with zero attached hydrogens (tertiary/aromatic N) is 2. The van der Waals surface area contributed by atoms with E-state index in [9.17, 15) is 19.7 Å². The molecule has 0 aliphatic rings. The van der Waals surface area contributed by atoms with Crippen LogP contribution in [0.4, 0.5) is 5.69 Å². The Hall–Kier alpha value is -3.39. The fourth-order valence-electron chi connectivity index (χ4n) is 3.07. The maximum absolute atomic E-state index is 12.8. The van der Waals surface area contributed by atoms with Crippen molar-refractivity contribution in [3.05, 3.63) is 74.9 Å². The van der Waals surface area contributed by atoms with Gasteiger partial charge < -0.3 is 15.2 Å². The van der Waals surface area contributed by atoms with Crippen molar-refractivity contribution in [2.45, 2.75) is 12.5 Å². The Labute approximate surface area is 171 Å². The van der Waals surface area contributed by atoms with Crippen LogP contribution in [0.1, 0.15) is 16.1 Å². The van der Waals surface area contributed by atoms with Gasteiger partial charge in [-0.15, -0.1) is 0 Å². The first-order chi connectivity index (χ1) is 13.8. The van der Waals surface area contributed by atoms with Gasteiger partial charge in [-0.1, -0.05) is 41.9 Å². The molecule has 1 atom stereocenters. The molecule has 0 fully saturated rings. The normalized spacial score (nSPS) is 11.8. The minimum absolute atomic E-state index is 0.0156. The molecular weight excluding hydrogens is 396 g/mol. The molecule has 0 saturated heterocycles. The zero-order valence-electron chi connectivity index (χ0n) is 15.8. The van der Waals surface area contributed by atoms with Gasteiger partial charge in [0.1, 0.15) is 16.8 Å². The smallest absolute Gasteiger partial charge is 0.297 e. The number of aromatic nitrogens is 1. The molecule has 2 amide bonds.